The van der Waals surface area contributed by atoms with Gasteiger partial charge in [-0.3, -0.25) is 9.39 Å². The van der Waals surface area contributed by atoms with Gasteiger partial charge in [-0.25, -0.2) is 0 Å². The highest BCUT2D eigenvalue weighted by atomic mass is 35.5. The predicted molar refractivity (Wildman–Crippen MR) is 127 cm³/mol. The Morgan fingerprint density at radius 1 is 1.11 bits per heavy atom. The SMILES string of the molecule is Cc1cc(COc2ccn3c(C4=CNCN=C4)nnc3n2)ccc1Oc1ccc(Cl)c(C(F)(F)F)c1. The lowest BCUT2D eigenvalue weighted by Gasteiger charge is -2.14. The van der Waals surface area contributed by atoms with Crippen LogP contribution in [0.1, 0.15) is 22.5 Å². The third-order valence-electron chi connectivity index (χ3n) is 5.28. The Kier molecular flexibility index (Phi) is 6.23. The lowest BCUT2D eigenvalue weighted by atomic mass is 10.1. The van der Waals surface area contributed by atoms with Gasteiger partial charge in [-0.1, -0.05) is 17.7 Å². The average Bonchev–Trinajstić information content (AvgIpc) is 3.28. The molecule has 0 atom stereocenters. The summed E-state index contributed by atoms with van der Waals surface area (Å²) in [6.07, 6.45) is 0.719. The molecule has 0 spiro atoms. The number of halogens is 4. The quantitative estimate of drug-likeness (QED) is 0.368. The highest BCUT2D eigenvalue weighted by Gasteiger charge is 2.33. The van der Waals surface area contributed by atoms with E-state index < -0.39 is 11.7 Å². The van der Waals surface area contributed by atoms with Crippen molar-refractivity contribution in [2.45, 2.75) is 19.7 Å². The van der Waals surface area contributed by atoms with Crippen LogP contribution in [0.15, 0.2) is 59.9 Å². The van der Waals surface area contributed by atoms with Crippen molar-refractivity contribution in [2.75, 3.05) is 6.67 Å². The van der Waals surface area contributed by atoms with Gasteiger partial charge in [0.2, 0.25) is 5.88 Å². The molecule has 0 amide bonds. The first kappa shape index (κ1) is 23.6. The number of aryl methyl sites for hydroxylation is 1. The van der Waals surface area contributed by atoms with Crippen molar-refractivity contribution in [1.82, 2.24) is 24.9 Å². The fourth-order valence-electron chi connectivity index (χ4n) is 3.54. The minimum Gasteiger partial charge on any atom is -0.473 e. The molecule has 184 valence electrons. The van der Waals surface area contributed by atoms with Crippen LogP contribution in [0, 0.1) is 6.92 Å². The van der Waals surface area contributed by atoms with E-state index in [4.69, 9.17) is 21.1 Å². The first-order valence-electron chi connectivity index (χ1n) is 10.7. The van der Waals surface area contributed by atoms with Gasteiger partial charge in [0.25, 0.3) is 5.78 Å². The Hall–Kier alpha value is -4.12. The minimum atomic E-state index is -4.57. The molecule has 0 radical (unpaired) electrons. The number of aliphatic imine (C=N–C) groups is 1. The molecular formula is C24H18ClF3N6O2. The minimum absolute atomic E-state index is 0.0371. The molecule has 4 aromatic rings. The zero-order valence-electron chi connectivity index (χ0n) is 18.8. The van der Waals surface area contributed by atoms with Gasteiger partial charge in [-0.05, 0) is 48.4 Å². The molecule has 0 saturated heterocycles. The number of alkyl halides is 3. The number of hydrogen-bond acceptors (Lipinski definition) is 7. The average molecular weight is 515 g/mol. The van der Waals surface area contributed by atoms with E-state index in [2.05, 4.69) is 25.5 Å². The Morgan fingerprint density at radius 2 is 1.97 bits per heavy atom. The van der Waals surface area contributed by atoms with Crippen LogP contribution in [0.2, 0.25) is 5.02 Å². The van der Waals surface area contributed by atoms with Crippen molar-refractivity contribution in [3.8, 4) is 17.4 Å². The van der Waals surface area contributed by atoms with E-state index in [1.165, 1.54) is 6.07 Å². The molecule has 1 aliphatic heterocycles. The van der Waals surface area contributed by atoms with E-state index in [-0.39, 0.29) is 17.4 Å². The highest BCUT2D eigenvalue weighted by Crippen LogP contribution is 2.38. The summed E-state index contributed by atoms with van der Waals surface area (Å²) in [5.41, 5.74) is 1.38. The number of rotatable bonds is 6. The lowest BCUT2D eigenvalue weighted by molar-refractivity contribution is -0.137. The van der Waals surface area contributed by atoms with Crippen LogP contribution >= 0.6 is 11.6 Å². The number of nitrogens with one attached hydrogen (secondary N) is 1. The van der Waals surface area contributed by atoms with Crippen molar-refractivity contribution in [3.63, 3.8) is 0 Å². The third-order valence-corrected chi connectivity index (χ3v) is 5.61. The second kappa shape index (κ2) is 9.50. The van der Waals surface area contributed by atoms with Crippen LogP contribution in [0.25, 0.3) is 11.4 Å². The molecule has 2 aromatic carbocycles. The molecule has 36 heavy (non-hydrogen) atoms. The van der Waals surface area contributed by atoms with Gasteiger partial charge < -0.3 is 14.8 Å². The summed E-state index contributed by atoms with van der Waals surface area (Å²) in [4.78, 5) is 8.55. The van der Waals surface area contributed by atoms with Gasteiger partial charge >= 0.3 is 6.18 Å². The van der Waals surface area contributed by atoms with Crippen LogP contribution in [-0.2, 0) is 12.8 Å². The summed E-state index contributed by atoms with van der Waals surface area (Å²) in [7, 11) is 0. The molecule has 0 unspecified atom stereocenters. The van der Waals surface area contributed by atoms with Gasteiger partial charge in [0.15, 0.2) is 5.82 Å². The van der Waals surface area contributed by atoms with Crippen LogP contribution in [-0.4, -0.2) is 32.5 Å². The molecule has 12 heteroatoms. The van der Waals surface area contributed by atoms with Gasteiger partial charge in [0.05, 0.1) is 16.2 Å². The fraction of sp³-hybridized carbons (Fsp3) is 0.167. The molecule has 0 fully saturated rings. The Labute approximate surface area is 208 Å². The predicted octanol–water partition coefficient (Wildman–Crippen LogP) is 5.45. The topological polar surface area (TPSA) is 85.9 Å². The second-order valence-electron chi connectivity index (χ2n) is 7.86. The van der Waals surface area contributed by atoms with Crippen LogP contribution < -0.4 is 14.8 Å². The fourth-order valence-corrected chi connectivity index (χ4v) is 3.77. The number of ether oxygens (including phenoxy) is 2. The number of benzene rings is 2. The summed E-state index contributed by atoms with van der Waals surface area (Å²) in [6.45, 7) is 2.52. The van der Waals surface area contributed by atoms with Crippen LogP contribution in [0.3, 0.4) is 0 Å². The summed E-state index contributed by atoms with van der Waals surface area (Å²) in [6, 6.07) is 10.4. The zero-order valence-corrected chi connectivity index (χ0v) is 19.5. The number of nitrogens with zero attached hydrogens (tertiary/aromatic N) is 5. The van der Waals surface area contributed by atoms with Gasteiger partial charge in [-0.15, -0.1) is 10.2 Å². The number of hydrogen-bond donors (Lipinski definition) is 1. The maximum absolute atomic E-state index is 13.1. The molecule has 0 saturated carbocycles. The maximum Gasteiger partial charge on any atom is 0.417 e. The second-order valence-corrected chi connectivity index (χ2v) is 8.27. The molecule has 1 N–H and O–H groups in total. The summed E-state index contributed by atoms with van der Waals surface area (Å²) in [5, 5.41) is 10.9. The smallest absolute Gasteiger partial charge is 0.417 e. The van der Waals surface area contributed by atoms with Crippen molar-refractivity contribution < 1.29 is 22.6 Å². The molecular weight excluding hydrogens is 497 g/mol. The van der Waals surface area contributed by atoms with Crippen molar-refractivity contribution in [1.29, 1.82) is 0 Å². The Morgan fingerprint density at radius 3 is 2.72 bits per heavy atom. The number of allylic oxidation sites excluding steroid dienone is 1. The molecule has 3 heterocycles. The standard InChI is InChI=1S/C24H18ClF3N6O2/c1-14-8-15(2-5-20(14)36-17-3-4-19(25)18(9-17)24(26,27)28)12-35-21-6-7-34-22(32-33-23(34)31-21)16-10-29-13-30-11-16/h2-11,29H,12-13H2,1H3. The zero-order chi connectivity index (χ0) is 25.3. The molecule has 2 aromatic heterocycles. The largest absolute Gasteiger partial charge is 0.473 e. The monoisotopic (exact) mass is 514 g/mol. The van der Waals surface area contributed by atoms with E-state index in [1.807, 2.05) is 12.3 Å². The third kappa shape index (κ3) is 4.96. The highest BCUT2D eigenvalue weighted by molar-refractivity contribution is 6.31. The molecule has 0 aliphatic carbocycles. The maximum atomic E-state index is 13.1. The number of aromatic nitrogens is 4. The lowest BCUT2D eigenvalue weighted by Crippen LogP contribution is -2.12. The van der Waals surface area contributed by atoms with Gasteiger partial charge in [0, 0.05) is 24.7 Å². The van der Waals surface area contributed by atoms with E-state index in [0.29, 0.717) is 29.9 Å². The van der Waals surface area contributed by atoms with E-state index in [1.54, 1.807) is 41.9 Å². The Bertz CT molecular complexity index is 1500. The van der Waals surface area contributed by atoms with Crippen LogP contribution in [0.5, 0.6) is 17.4 Å². The van der Waals surface area contributed by atoms with Crippen LogP contribution in [0.4, 0.5) is 13.2 Å². The van der Waals surface area contributed by atoms with E-state index >= 15 is 0 Å². The van der Waals surface area contributed by atoms with Crippen molar-refractivity contribution in [3.05, 3.63) is 82.4 Å². The molecule has 8 nitrogen and oxygen atoms in total. The van der Waals surface area contributed by atoms with Crippen molar-refractivity contribution >= 4 is 29.2 Å². The summed E-state index contributed by atoms with van der Waals surface area (Å²) < 4.78 is 52.6. The first-order chi connectivity index (χ1) is 17.3. The Balaban J connectivity index is 1.27. The normalized spacial score (nSPS) is 13.4. The summed E-state index contributed by atoms with van der Waals surface area (Å²) in [5.74, 6) is 1.80. The van der Waals surface area contributed by atoms with E-state index in [9.17, 15) is 13.2 Å². The molecule has 1 aliphatic rings. The molecule has 0 bridgehead atoms. The molecule has 5 rings (SSSR count). The first-order valence-corrected chi connectivity index (χ1v) is 11.1. The van der Waals surface area contributed by atoms with Gasteiger partial charge in [-0.2, -0.15) is 18.2 Å². The summed E-state index contributed by atoms with van der Waals surface area (Å²) >= 11 is 5.68. The van der Waals surface area contributed by atoms with E-state index in [0.717, 1.165) is 28.8 Å². The van der Waals surface area contributed by atoms with Gasteiger partial charge in [0.1, 0.15) is 24.8 Å². The van der Waals surface area contributed by atoms with Crippen molar-refractivity contribution in [2.24, 2.45) is 4.99 Å². The number of fused-ring (bicyclic) bond motifs is 1.